The zero-order valence-corrected chi connectivity index (χ0v) is 25.5. The third-order valence-corrected chi connectivity index (χ3v) is 8.30. The lowest BCUT2D eigenvalue weighted by atomic mass is 9.86. The Morgan fingerprint density at radius 2 is 1.49 bits per heavy atom. The van der Waals surface area contributed by atoms with Gasteiger partial charge in [-0.05, 0) is 79.8 Å². The molecular weight excluding hydrogens is 530 g/mol. The Labute approximate surface area is 244 Å². The third-order valence-electron chi connectivity index (χ3n) is 7.76. The maximum atomic E-state index is 14.2. The largest absolute Gasteiger partial charge is 0.313 e. The summed E-state index contributed by atoms with van der Waals surface area (Å²) in [7, 11) is -1.37. The summed E-state index contributed by atoms with van der Waals surface area (Å²) in [6.45, 7) is 12.7. The second-order valence-corrected chi connectivity index (χ2v) is 14.1. The second-order valence-electron chi connectivity index (χ2n) is 12.1. The van der Waals surface area contributed by atoms with Gasteiger partial charge in [-0.1, -0.05) is 69.3 Å². The Morgan fingerprint density at radius 3 is 2.05 bits per heavy atom. The predicted octanol–water partition coefficient (Wildman–Crippen LogP) is 6.21. The van der Waals surface area contributed by atoms with Crippen molar-refractivity contribution >= 4 is 38.1 Å². The van der Waals surface area contributed by atoms with Crippen LogP contribution in [0.1, 0.15) is 65.5 Å². The van der Waals surface area contributed by atoms with E-state index in [1.807, 2.05) is 43.4 Å². The van der Waals surface area contributed by atoms with Gasteiger partial charge in [0.1, 0.15) is 0 Å². The van der Waals surface area contributed by atoms with Crippen molar-refractivity contribution in [3.8, 4) is 0 Å². The van der Waals surface area contributed by atoms with E-state index in [9.17, 15) is 14.4 Å². The van der Waals surface area contributed by atoms with Crippen LogP contribution in [0.15, 0.2) is 72.8 Å². The number of anilines is 2. The molecule has 0 aliphatic carbocycles. The summed E-state index contributed by atoms with van der Waals surface area (Å²) in [6, 6.07) is 22.8. The first-order valence-electron chi connectivity index (χ1n) is 14.3. The highest BCUT2D eigenvalue weighted by Crippen LogP contribution is 2.40. The van der Waals surface area contributed by atoms with Crippen molar-refractivity contribution in [2.24, 2.45) is 5.92 Å². The molecule has 7 nitrogen and oxygen atoms in total. The fourth-order valence-electron chi connectivity index (χ4n) is 5.49. The van der Waals surface area contributed by atoms with Gasteiger partial charge in [0.2, 0.25) is 9.04 Å². The molecule has 5 rings (SSSR count). The summed E-state index contributed by atoms with van der Waals surface area (Å²) in [6.07, 6.45) is 1.42. The molecule has 2 aliphatic rings. The van der Waals surface area contributed by atoms with Crippen LogP contribution >= 0.6 is 0 Å². The number of likely N-dealkylation sites (tertiary alicyclic amines) is 1. The Balaban J connectivity index is 1.47. The molecule has 213 valence electrons. The number of imide groups is 1. The quantitative estimate of drug-likeness (QED) is 0.193. The number of nitrogens with zero attached hydrogens (tertiary/aromatic N) is 3. The number of fused-ring (bicyclic) bond motifs is 1. The number of benzene rings is 3. The van der Waals surface area contributed by atoms with Crippen molar-refractivity contribution in [3.05, 3.63) is 95.1 Å². The van der Waals surface area contributed by atoms with Crippen LogP contribution in [0.4, 0.5) is 11.4 Å². The molecule has 2 heterocycles. The van der Waals surface area contributed by atoms with Crippen molar-refractivity contribution in [3.63, 3.8) is 0 Å². The summed E-state index contributed by atoms with van der Waals surface area (Å²) >= 11 is 0. The van der Waals surface area contributed by atoms with Gasteiger partial charge in [-0.2, -0.15) is 5.06 Å². The van der Waals surface area contributed by atoms with E-state index in [1.165, 1.54) is 15.5 Å². The molecule has 41 heavy (non-hydrogen) atoms. The average molecular weight is 569 g/mol. The van der Waals surface area contributed by atoms with Crippen molar-refractivity contribution in [2.45, 2.75) is 58.7 Å². The predicted molar refractivity (Wildman–Crippen MR) is 163 cm³/mol. The van der Waals surface area contributed by atoms with Gasteiger partial charge in [0.05, 0.1) is 22.5 Å². The molecule has 0 saturated carbocycles. The monoisotopic (exact) mass is 568 g/mol. The number of rotatable bonds is 7. The van der Waals surface area contributed by atoms with E-state index in [1.54, 1.807) is 30.3 Å². The van der Waals surface area contributed by atoms with Crippen LogP contribution in [-0.4, -0.2) is 44.8 Å². The van der Waals surface area contributed by atoms with Gasteiger partial charge in [-0.15, -0.1) is 0 Å². The highest BCUT2D eigenvalue weighted by atomic mass is 28.3. The van der Waals surface area contributed by atoms with E-state index in [2.05, 4.69) is 37.8 Å². The molecule has 0 bridgehead atoms. The molecule has 0 spiro atoms. The van der Waals surface area contributed by atoms with Crippen LogP contribution in [0.2, 0.25) is 13.1 Å². The maximum Gasteiger partial charge on any atom is 0.266 e. The maximum absolute atomic E-state index is 14.2. The lowest BCUT2D eigenvalue weighted by Crippen LogP contribution is -2.45. The SMILES string of the molecule is C[Si](C)ON(C(=O)C1CCN(Cc2ccccc2)CC1)c1cc(C(C)(C)C)ccc1N1C(=O)c2ccccc2C1=O. The Morgan fingerprint density at radius 1 is 0.902 bits per heavy atom. The lowest BCUT2D eigenvalue weighted by Gasteiger charge is -2.36. The summed E-state index contributed by atoms with van der Waals surface area (Å²) < 4.78 is 6.31. The topological polar surface area (TPSA) is 70.2 Å². The zero-order valence-electron chi connectivity index (χ0n) is 24.5. The first-order chi connectivity index (χ1) is 19.5. The van der Waals surface area contributed by atoms with Gasteiger partial charge >= 0.3 is 0 Å². The summed E-state index contributed by atoms with van der Waals surface area (Å²) in [4.78, 5) is 44.8. The Bertz CT molecular complexity index is 1410. The van der Waals surface area contributed by atoms with E-state index >= 15 is 0 Å². The van der Waals surface area contributed by atoms with E-state index < -0.39 is 20.9 Å². The number of amides is 3. The van der Waals surface area contributed by atoms with Crippen LogP contribution in [0, 0.1) is 5.92 Å². The van der Waals surface area contributed by atoms with Crippen LogP contribution in [0.25, 0.3) is 0 Å². The molecule has 0 unspecified atom stereocenters. The highest BCUT2D eigenvalue weighted by Gasteiger charge is 2.40. The van der Waals surface area contributed by atoms with Crippen LogP contribution < -0.4 is 9.96 Å². The van der Waals surface area contributed by atoms with E-state index in [4.69, 9.17) is 4.53 Å². The third kappa shape index (κ3) is 6.05. The number of hydrogen-bond acceptors (Lipinski definition) is 5. The van der Waals surface area contributed by atoms with Crippen molar-refractivity contribution in [1.29, 1.82) is 0 Å². The Hall–Kier alpha value is -3.59. The summed E-state index contributed by atoms with van der Waals surface area (Å²) in [5.41, 5.74) is 3.55. The first-order valence-corrected chi connectivity index (χ1v) is 16.7. The summed E-state index contributed by atoms with van der Waals surface area (Å²) in [5, 5.41) is 1.40. The molecule has 2 aliphatic heterocycles. The molecular formula is C33H38N3O4Si. The van der Waals surface area contributed by atoms with E-state index in [0.717, 1.165) is 25.2 Å². The molecule has 0 N–H and O–H groups in total. The van der Waals surface area contributed by atoms with Crippen LogP contribution in [0.3, 0.4) is 0 Å². The average Bonchev–Trinajstić information content (AvgIpc) is 3.21. The minimum Gasteiger partial charge on any atom is -0.313 e. The minimum atomic E-state index is -1.37. The van der Waals surface area contributed by atoms with Gasteiger partial charge in [-0.3, -0.25) is 19.3 Å². The van der Waals surface area contributed by atoms with Gasteiger partial charge in [0.15, 0.2) is 0 Å². The number of carbonyl (C=O) groups is 3. The minimum absolute atomic E-state index is 0.125. The molecule has 1 radical (unpaired) electrons. The fraction of sp³-hybridized carbons (Fsp3) is 0.364. The van der Waals surface area contributed by atoms with Crippen molar-refractivity contribution in [2.75, 3.05) is 23.1 Å². The number of hydroxylamine groups is 1. The van der Waals surface area contributed by atoms with Crippen LogP contribution in [0.5, 0.6) is 0 Å². The standard InChI is InChI=1S/C33H38N3O4Si/c1-33(2,3)25-15-16-28(35-31(38)26-13-9-10-14-27(26)32(35)39)29(21-25)36(40-41(4)5)30(37)24-17-19-34(20-18-24)22-23-11-7-6-8-12-23/h6-16,21,24H,17-20,22H2,1-5H3. The smallest absolute Gasteiger partial charge is 0.266 e. The molecule has 1 saturated heterocycles. The molecule has 0 atom stereocenters. The molecule has 3 aromatic rings. The van der Waals surface area contributed by atoms with Gasteiger partial charge in [-0.25, -0.2) is 4.90 Å². The number of carbonyl (C=O) groups excluding carboxylic acids is 3. The number of hydrogen-bond donors (Lipinski definition) is 0. The highest BCUT2D eigenvalue weighted by molar-refractivity contribution is 6.49. The first kappa shape index (κ1) is 28.9. The second kappa shape index (κ2) is 11.7. The number of piperidine rings is 1. The van der Waals surface area contributed by atoms with Gasteiger partial charge in [0.25, 0.3) is 17.7 Å². The van der Waals surface area contributed by atoms with Crippen molar-refractivity contribution in [1.82, 2.24) is 4.90 Å². The zero-order chi connectivity index (χ0) is 29.3. The van der Waals surface area contributed by atoms with E-state index in [-0.39, 0.29) is 17.2 Å². The molecule has 0 aromatic heterocycles. The lowest BCUT2D eigenvalue weighted by molar-refractivity contribution is -0.128. The van der Waals surface area contributed by atoms with E-state index in [0.29, 0.717) is 35.3 Å². The summed E-state index contributed by atoms with van der Waals surface area (Å²) in [5.74, 6) is -1.14. The Kier molecular flexibility index (Phi) is 8.27. The van der Waals surface area contributed by atoms with Gasteiger partial charge < -0.3 is 4.53 Å². The molecule has 1 fully saturated rings. The molecule has 8 heteroatoms. The normalized spacial score (nSPS) is 16.4. The molecule has 3 aromatic carbocycles. The fourth-order valence-corrected chi connectivity index (χ4v) is 6.04. The molecule has 3 amide bonds. The van der Waals surface area contributed by atoms with Gasteiger partial charge in [0, 0.05) is 12.5 Å². The van der Waals surface area contributed by atoms with Crippen LogP contribution in [-0.2, 0) is 21.3 Å². The van der Waals surface area contributed by atoms with Crippen molar-refractivity contribution < 1.29 is 18.9 Å².